The molecule has 0 unspecified atom stereocenters. The summed E-state index contributed by atoms with van der Waals surface area (Å²) in [5.74, 6) is -0.0906. The molecule has 0 atom stereocenters. The summed E-state index contributed by atoms with van der Waals surface area (Å²) >= 11 is 6.24. The van der Waals surface area contributed by atoms with E-state index in [1.165, 1.54) is 0 Å². The van der Waals surface area contributed by atoms with Crippen molar-refractivity contribution in [2.45, 2.75) is 19.8 Å². The van der Waals surface area contributed by atoms with Crippen LogP contribution in [0.3, 0.4) is 0 Å². The minimum Gasteiger partial charge on any atom is -0.466 e. The zero-order valence-corrected chi connectivity index (χ0v) is 13.3. The fraction of sp³-hybridized carbons (Fsp3) is 0.562. The molecular weight excluding hydrogens is 288 g/mol. The van der Waals surface area contributed by atoms with Gasteiger partial charge in [-0.3, -0.25) is 9.69 Å². The van der Waals surface area contributed by atoms with Gasteiger partial charge in [0.05, 0.1) is 17.3 Å². The maximum absolute atomic E-state index is 11.3. The smallest absolute Gasteiger partial charge is 0.305 e. The van der Waals surface area contributed by atoms with Gasteiger partial charge in [-0.15, -0.1) is 0 Å². The average molecular weight is 311 g/mol. The van der Waals surface area contributed by atoms with Crippen LogP contribution < -0.4 is 4.90 Å². The van der Waals surface area contributed by atoms with Crippen molar-refractivity contribution in [3.8, 4) is 0 Å². The molecule has 2 rings (SSSR count). The lowest BCUT2D eigenvalue weighted by Crippen LogP contribution is -2.46. The molecule has 0 saturated carbocycles. The predicted octanol–water partition coefficient (Wildman–Crippen LogP) is 2.81. The topological polar surface area (TPSA) is 32.8 Å². The number of nitrogens with zero attached hydrogens (tertiary/aromatic N) is 2. The Bertz CT molecular complexity index is 459. The molecule has 1 heterocycles. The van der Waals surface area contributed by atoms with Gasteiger partial charge in [0.25, 0.3) is 0 Å². The maximum atomic E-state index is 11.3. The van der Waals surface area contributed by atoms with Gasteiger partial charge >= 0.3 is 5.97 Å². The molecule has 0 aliphatic carbocycles. The lowest BCUT2D eigenvalue weighted by Gasteiger charge is -2.36. The summed E-state index contributed by atoms with van der Waals surface area (Å²) in [7, 11) is 0. The molecule has 116 valence electrons. The Morgan fingerprint density at radius 1 is 1.24 bits per heavy atom. The minimum absolute atomic E-state index is 0.0906. The number of halogens is 1. The van der Waals surface area contributed by atoms with E-state index >= 15 is 0 Å². The van der Waals surface area contributed by atoms with Crippen molar-refractivity contribution in [3.63, 3.8) is 0 Å². The molecule has 21 heavy (non-hydrogen) atoms. The van der Waals surface area contributed by atoms with E-state index in [2.05, 4.69) is 15.9 Å². The predicted molar refractivity (Wildman–Crippen MR) is 86.0 cm³/mol. The largest absolute Gasteiger partial charge is 0.466 e. The highest BCUT2D eigenvalue weighted by Crippen LogP contribution is 2.25. The highest BCUT2D eigenvalue weighted by molar-refractivity contribution is 6.33. The van der Waals surface area contributed by atoms with E-state index in [1.807, 2.05) is 25.1 Å². The molecular formula is C16H23ClN2O2. The van der Waals surface area contributed by atoms with Gasteiger partial charge in [0.2, 0.25) is 0 Å². The Labute approximate surface area is 131 Å². The number of ether oxygens (including phenoxy) is 1. The van der Waals surface area contributed by atoms with Gasteiger partial charge in [-0.1, -0.05) is 23.7 Å². The zero-order valence-electron chi connectivity index (χ0n) is 12.6. The lowest BCUT2D eigenvalue weighted by atomic mass is 10.2. The second-order valence-electron chi connectivity index (χ2n) is 5.19. The van der Waals surface area contributed by atoms with Crippen molar-refractivity contribution < 1.29 is 9.53 Å². The number of hydrogen-bond donors (Lipinski definition) is 0. The number of benzene rings is 1. The first kappa shape index (κ1) is 16.1. The van der Waals surface area contributed by atoms with Crippen molar-refractivity contribution >= 4 is 23.3 Å². The highest BCUT2D eigenvalue weighted by Gasteiger charge is 2.18. The highest BCUT2D eigenvalue weighted by atomic mass is 35.5. The molecule has 1 aliphatic heterocycles. The third-order valence-electron chi connectivity index (χ3n) is 3.73. The fourth-order valence-electron chi connectivity index (χ4n) is 2.60. The lowest BCUT2D eigenvalue weighted by molar-refractivity contribution is -0.143. The Kier molecular flexibility index (Phi) is 6.33. The molecule has 1 aromatic rings. The van der Waals surface area contributed by atoms with Crippen LogP contribution in [0.2, 0.25) is 5.02 Å². The van der Waals surface area contributed by atoms with Crippen molar-refractivity contribution in [1.29, 1.82) is 0 Å². The molecule has 0 spiro atoms. The van der Waals surface area contributed by atoms with Crippen LogP contribution in [0.5, 0.6) is 0 Å². The van der Waals surface area contributed by atoms with Crippen molar-refractivity contribution in [2.75, 3.05) is 44.2 Å². The summed E-state index contributed by atoms with van der Waals surface area (Å²) in [5.41, 5.74) is 1.12. The van der Waals surface area contributed by atoms with E-state index in [1.54, 1.807) is 0 Å². The number of carbonyl (C=O) groups is 1. The van der Waals surface area contributed by atoms with Crippen LogP contribution in [-0.2, 0) is 9.53 Å². The van der Waals surface area contributed by atoms with Gasteiger partial charge in [0.1, 0.15) is 0 Å². The second kappa shape index (κ2) is 8.25. The van der Waals surface area contributed by atoms with Gasteiger partial charge in [-0.2, -0.15) is 0 Å². The molecule has 4 nitrogen and oxygen atoms in total. The summed E-state index contributed by atoms with van der Waals surface area (Å²) < 4.78 is 4.94. The van der Waals surface area contributed by atoms with Gasteiger partial charge < -0.3 is 9.64 Å². The first-order valence-electron chi connectivity index (χ1n) is 7.58. The standard InChI is InChI=1S/C16H23ClN2O2/c1-2-21-16(20)8-5-9-18-10-12-19(13-11-18)15-7-4-3-6-14(15)17/h3-4,6-7H,2,5,8-13H2,1H3. The first-order valence-corrected chi connectivity index (χ1v) is 7.96. The molecule has 0 amide bonds. The number of piperazine rings is 1. The van der Waals surface area contributed by atoms with E-state index in [0.717, 1.165) is 49.9 Å². The third kappa shape index (κ3) is 4.90. The summed E-state index contributed by atoms with van der Waals surface area (Å²) in [6.45, 7) is 7.23. The van der Waals surface area contributed by atoms with Crippen LogP contribution in [0, 0.1) is 0 Å². The average Bonchev–Trinajstić information content (AvgIpc) is 2.49. The monoisotopic (exact) mass is 310 g/mol. The Morgan fingerprint density at radius 2 is 1.95 bits per heavy atom. The van der Waals surface area contributed by atoms with Gasteiger partial charge in [0, 0.05) is 32.6 Å². The number of para-hydroxylation sites is 1. The first-order chi connectivity index (χ1) is 10.2. The molecule has 1 saturated heterocycles. The van der Waals surface area contributed by atoms with E-state index in [0.29, 0.717) is 13.0 Å². The molecule has 0 bridgehead atoms. The van der Waals surface area contributed by atoms with Crippen LogP contribution in [0.15, 0.2) is 24.3 Å². The second-order valence-corrected chi connectivity index (χ2v) is 5.60. The van der Waals surface area contributed by atoms with Crippen LogP contribution in [0.1, 0.15) is 19.8 Å². The van der Waals surface area contributed by atoms with E-state index in [4.69, 9.17) is 16.3 Å². The number of esters is 1. The van der Waals surface area contributed by atoms with E-state index in [9.17, 15) is 4.79 Å². The molecule has 1 fully saturated rings. The minimum atomic E-state index is -0.0906. The summed E-state index contributed by atoms with van der Waals surface area (Å²) in [4.78, 5) is 16.0. The Balaban J connectivity index is 1.71. The third-order valence-corrected chi connectivity index (χ3v) is 4.05. The molecule has 1 aromatic carbocycles. The summed E-state index contributed by atoms with van der Waals surface area (Å²) in [6.07, 6.45) is 1.38. The molecule has 5 heteroatoms. The summed E-state index contributed by atoms with van der Waals surface area (Å²) in [5, 5.41) is 0.813. The van der Waals surface area contributed by atoms with Crippen molar-refractivity contribution in [1.82, 2.24) is 4.90 Å². The maximum Gasteiger partial charge on any atom is 0.305 e. The number of anilines is 1. The summed E-state index contributed by atoms with van der Waals surface area (Å²) in [6, 6.07) is 7.98. The quantitative estimate of drug-likeness (QED) is 0.756. The van der Waals surface area contributed by atoms with Crippen molar-refractivity contribution in [2.24, 2.45) is 0 Å². The Morgan fingerprint density at radius 3 is 2.62 bits per heavy atom. The molecule has 1 aliphatic rings. The van der Waals surface area contributed by atoms with Crippen LogP contribution >= 0.6 is 11.6 Å². The number of rotatable bonds is 6. The van der Waals surface area contributed by atoms with Crippen LogP contribution in [0.25, 0.3) is 0 Å². The fourth-order valence-corrected chi connectivity index (χ4v) is 2.86. The van der Waals surface area contributed by atoms with E-state index in [-0.39, 0.29) is 5.97 Å². The zero-order chi connectivity index (χ0) is 15.1. The van der Waals surface area contributed by atoms with Crippen molar-refractivity contribution in [3.05, 3.63) is 29.3 Å². The number of hydrogen-bond acceptors (Lipinski definition) is 4. The van der Waals surface area contributed by atoms with Crippen LogP contribution in [0.4, 0.5) is 5.69 Å². The normalized spacial score (nSPS) is 16.0. The van der Waals surface area contributed by atoms with Gasteiger partial charge in [0.15, 0.2) is 0 Å². The SMILES string of the molecule is CCOC(=O)CCCN1CCN(c2ccccc2Cl)CC1. The van der Waals surface area contributed by atoms with E-state index < -0.39 is 0 Å². The number of carbonyl (C=O) groups excluding carboxylic acids is 1. The molecule has 0 aromatic heterocycles. The van der Waals surface area contributed by atoms with Gasteiger partial charge in [-0.05, 0) is 32.0 Å². The van der Waals surface area contributed by atoms with Gasteiger partial charge in [-0.25, -0.2) is 0 Å². The Hall–Kier alpha value is -1.26. The molecule has 0 radical (unpaired) electrons. The van der Waals surface area contributed by atoms with Crippen LogP contribution in [-0.4, -0.2) is 50.2 Å². The molecule has 0 N–H and O–H groups in total.